The molecule has 1 aliphatic rings. The first-order chi connectivity index (χ1) is 19.2. The molecule has 1 heterocycles. The molecule has 0 N–H and O–H groups in total. The number of carbonyl (C=O) groups is 2. The lowest BCUT2D eigenvalue weighted by Crippen LogP contribution is -2.52. The van der Waals surface area contributed by atoms with Crippen LogP contribution in [0.2, 0.25) is 5.02 Å². The predicted molar refractivity (Wildman–Crippen MR) is 155 cm³/mol. The van der Waals surface area contributed by atoms with Crippen LogP contribution in [0.4, 0.5) is 0 Å². The smallest absolute Gasteiger partial charge is 0.248 e. The number of carbonyl (C=O) groups excluding carboxylic acids is 2. The quantitative estimate of drug-likeness (QED) is 0.313. The second-order valence-corrected chi connectivity index (χ2v) is 12.4. The van der Waals surface area contributed by atoms with E-state index >= 15 is 0 Å². The number of nitrogens with zero attached hydrogens (tertiary/aromatic N) is 3. The van der Waals surface area contributed by atoms with E-state index in [9.17, 15) is 18.0 Å². The Morgan fingerprint density at radius 3 is 2.33 bits per heavy atom. The highest BCUT2D eigenvalue weighted by Crippen LogP contribution is 2.22. The number of amides is 2. The van der Waals surface area contributed by atoms with Crippen LogP contribution in [-0.2, 0) is 42.2 Å². The van der Waals surface area contributed by atoms with Crippen molar-refractivity contribution in [3.63, 3.8) is 0 Å². The van der Waals surface area contributed by atoms with Crippen LogP contribution in [0.15, 0.2) is 54.6 Å². The lowest BCUT2D eigenvalue weighted by molar-refractivity contribution is -0.140. The molecule has 1 fully saturated rings. The Hall–Kier alpha value is -2.50. The Kier molecular flexibility index (Phi) is 12.9. The minimum atomic E-state index is -3.61. The summed E-state index contributed by atoms with van der Waals surface area (Å²) in [7, 11) is -2.11. The molecule has 9 nitrogen and oxygen atoms in total. The maximum atomic E-state index is 13.7. The summed E-state index contributed by atoms with van der Waals surface area (Å²) in [6.07, 6.45) is 1.63. The van der Waals surface area contributed by atoms with Crippen molar-refractivity contribution in [1.82, 2.24) is 14.1 Å². The van der Waals surface area contributed by atoms with Gasteiger partial charge in [-0.1, -0.05) is 61.0 Å². The van der Waals surface area contributed by atoms with E-state index in [-0.39, 0.29) is 49.9 Å². The molecule has 0 unspecified atom stereocenters. The van der Waals surface area contributed by atoms with E-state index in [0.29, 0.717) is 50.5 Å². The normalized spacial score (nSPS) is 14.4. The lowest BCUT2D eigenvalue weighted by Gasteiger charge is -2.39. The molecule has 11 heteroatoms. The first-order valence-electron chi connectivity index (χ1n) is 13.6. The standard InChI is InChI=1S/C29H40ClN3O6S/c1-3-19-40(36,37)32(17-18-38-2)21-28(34)33(20-24-9-11-26(30)12-10-24)27-13-15-31(16-14-27)29(35)23-39-22-25-7-5-4-6-8-25/h4-12,27H,3,13-23H2,1-2H3. The van der Waals surface area contributed by atoms with Crippen LogP contribution in [0, 0.1) is 0 Å². The van der Waals surface area contributed by atoms with Crippen LogP contribution in [0.1, 0.15) is 37.3 Å². The summed E-state index contributed by atoms with van der Waals surface area (Å²) in [5, 5.41) is 0.597. The van der Waals surface area contributed by atoms with Crippen molar-refractivity contribution in [2.45, 2.75) is 45.4 Å². The van der Waals surface area contributed by atoms with Crippen molar-refractivity contribution in [2.24, 2.45) is 0 Å². The minimum Gasteiger partial charge on any atom is -0.383 e. The maximum absolute atomic E-state index is 13.7. The summed E-state index contributed by atoms with van der Waals surface area (Å²) >= 11 is 6.06. The third-order valence-electron chi connectivity index (χ3n) is 6.89. The van der Waals surface area contributed by atoms with E-state index in [1.807, 2.05) is 42.5 Å². The molecule has 1 aliphatic heterocycles. The van der Waals surface area contributed by atoms with Crippen LogP contribution >= 0.6 is 11.6 Å². The summed E-state index contributed by atoms with van der Waals surface area (Å²) in [6, 6.07) is 16.8. The SMILES string of the molecule is CCCS(=O)(=O)N(CCOC)CC(=O)N(Cc1ccc(Cl)cc1)C1CCN(C(=O)COCc2ccccc2)CC1. The number of hydrogen-bond donors (Lipinski definition) is 0. The largest absolute Gasteiger partial charge is 0.383 e. The molecule has 1 saturated heterocycles. The van der Waals surface area contributed by atoms with Gasteiger partial charge in [-0.2, -0.15) is 4.31 Å². The molecule has 0 radical (unpaired) electrons. The molecule has 2 amide bonds. The van der Waals surface area contributed by atoms with Crippen molar-refractivity contribution in [1.29, 1.82) is 0 Å². The fraction of sp³-hybridized carbons (Fsp3) is 0.517. The predicted octanol–water partition coefficient (Wildman–Crippen LogP) is 3.56. The monoisotopic (exact) mass is 593 g/mol. The van der Waals surface area contributed by atoms with Gasteiger partial charge in [-0.25, -0.2) is 8.42 Å². The van der Waals surface area contributed by atoms with Gasteiger partial charge in [-0.3, -0.25) is 9.59 Å². The van der Waals surface area contributed by atoms with Gasteiger partial charge in [0.1, 0.15) is 6.61 Å². The van der Waals surface area contributed by atoms with Gasteiger partial charge in [-0.05, 0) is 42.5 Å². The first-order valence-corrected chi connectivity index (χ1v) is 15.6. The summed E-state index contributed by atoms with van der Waals surface area (Å²) in [5.41, 5.74) is 1.90. The third kappa shape index (κ3) is 9.85. The van der Waals surface area contributed by atoms with E-state index in [4.69, 9.17) is 21.1 Å². The second kappa shape index (κ2) is 16.1. The molecule has 2 aromatic rings. The number of piperidine rings is 1. The van der Waals surface area contributed by atoms with E-state index < -0.39 is 10.0 Å². The summed E-state index contributed by atoms with van der Waals surface area (Å²) in [5.74, 6) is -0.392. The third-order valence-corrected chi connectivity index (χ3v) is 9.17. The molecule has 0 saturated carbocycles. The van der Waals surface area contributed by atoms with Crippen LogP contribution in [-0.4, -0.2) is 92.6 Å². The number of sulfonamides is 1. The fourth-order valence-electron chi connectivity index (χ4n) is 4.69. The minimum absolute atomic E-state index is 0.00325. The number of benzene rings is 2. The number of rotatable bonds is 15. The van der Waals surface area contributed by atoms with Crippen LogP contribution in [0.3, 0.4) is 0 Å². The average Bonchev–Trinajstić information content (AvgIpc) is 2.95. The van der Waals surface area contributed by atoms with E-state index in [0.717, 1.165) is 11.1 Å². The van der Waals surface area contributed by atoms with E-state index in [1.54, 1.807) is 28.9 Å². The number of halogens is 1. The zero-order valence-electron chi connectivity index (χ0n) is 23.3. The van der Waals surface area contributed by atoms with Crippen LogP contribution in [0.5, 0.6) is 0 Å². The maximum Gasteiger partial charge on any atom is 0.248 e. The van der Waals surface area contributed by atoms with E-state index in [2.05, 4.69) is 0 Å². The zero-order chi connectivity index (χ0) is 29.0. The molecule has 3 rings (SSSR count). The number of ether oxygens (including phenoxy) is 2. The van der Waals surface area contributed by atoms with Gasteiger partial charge in [0, 0.05) is 44.4 Å². The average molecular weight is 594 g/mol. The van der Waals surface area contributed by atoms with Gasteiger partial charge in [0.2, 0.25) is 21.8 Å². The van der Waals surface area contributed by atoms with Crippen molar-refractivity contribution in [3.05, 3.63) is 70.7 Å². The highest BCUT2D eigenvalue weighted by molar-refractivity contribution is 7.89. The second-order valence-electron chi connectivity index (χ2n) is 9.88. The number of likely N-dealkylation sites (tertiary alicyclic amines) is 1. The fourth-order valence-corrected chi connectivity index (χ4v) is 6.25. The molecular formula is C29H40ClN3O6S. The van der Waals surface area contributed by atoms with Gasteiger partial charge in [0.05, 0.1) is 25.5 Å². The summed E-state index contributed by atoms with van der Waals surface area (Å²) in [6.45, 7) is 3.50. The Morgan fingerprint density at radius 2 is 1.70 bits per heavy atom. The molecule has 40 heavy (non-hydrogen) atoms. The highest BCUT2D eigenvalue weighted by Gasteiger charge is 2.32. The molecule has 0 bridgehead atoms. The van der Waals surface area contributed by atoms with Gasteiger partial charge in [-0.15, -0.1) is 0 Å². The van der Waals surface area contributed by atoms with Crippen LogP contribution < -0.4 is 0 Å². The molecule has 0 aromatic heterocycles. The number of methoxy groups -OCH3 is 1. The van der Waals surface area contributed by atoms with Gasteiger partial charge in [0.15, 0.2) is 0 Å². The van der Waals surface area contributed by atoms with Crippen molar-refractivity contribution < 1.29 is 27.5 Å². The Morgan fingerprint density at radius 1 is 1.02 bits per heavy atom. The van der Waals surface area contributed by atoms with Gasteiger partial charge < -0.3 is 19.3 Å². The molecule has 2 aromatic carbocycles. The molecule has 220 valence electrons. The molecule has 0 atom stereocenters. The van der Waals surface area contributed by atoms with Crippen LogP contribution in [0.25, 0.3) is 0 Å². The van der Waals surface area contributed by atoms with Crippen molar-refractivity contribution >= 4 is 33.4 Å². The Balaban J connectivity index is 1.66. The summed E-state index contributed by atoms with van der Waals surface area (Å²) in [4.78, 5) is 30.0. The Bertz CT molecular complexity index is 1170. The summed E-state index contributed by atoms with van der Waals surface area (Å²) < 4.78 is 37.7. The molecular weight excluding hydrogens is 554 g/mol. The molecule has 0 spiro atoms. The van der Waals surface area contributed by atoms with Gasteiger partial charge >= 0.3 is 0 Å². The highest BCUT2D eigenvalue weighted by atomic mass is 35.5. The topological polar surface area (TPSA) is 96.5 Å². The number of hydrogen-bond acceptors (Lipinski definition) is 6. The van der Waals surface area contributed by atoms with E-state index in [1.165, 1.54) is 11.4 Å². The molecule has 0 aliphatic carbocycles. The Labute approximate surface area is 243 Å². The van der Waals surface area contributed by atoms with Gasteiger partial charge in [0.25, 0.3) is 0 Å². The van der Waals surface area contributed by atoms with Crippen molar-refractivity contribution in [2.75, 3.05) is 52.3 Å². The van der Waals surface area contributed by atoms with Crippen molar-refractivity contribution in [3.8, 4) is 0 Å². The lowest BCUT2D eigenvalue weighted by atomic mass is 10.0. The first kappa shape index (κ1) is 32.0. The zero-order valence-corrected chi connectivity index (χ0v) is 24.9.